The normalized spacial score (nSPS) is 21.2. The molecule has 7 nitrogen and oxygen atoms in total. The molecular formula is C17H18N4O3. The number of nitrogens with zero attached hydrogens (tertiary/aromatic N) is 2. The summed E-state index contributed by atoms with van der Waals surface area (Å²) in [5.74, 6) is -1.64. The van der Waals surface area contributed by atoms with Gasteiger partial charge in [-0.1, -0.05) is 25.0 Å². The van der Waals surface area contributed by atoms with Gasteiger partial charge in [-0.05, 0) is 25.0 Å². The number of fused-ring (bicyclic) bond motifs is 3. The lowest BCUT2D eigenvalue weighted by Gasteiger charge is -2.28. The molecule has 124 valence electrons. The molecule has 1 aromatic carbocycles. The number of aromatic nitrogens is 3. The van der Waals surface area contributed by atoms with Crippen molar-refractivity contribution in [2.45, 2.75) is 31.7 Å². The third-order valence-electron chi connectivity index (χ3n) is 4.74. The zero-order chi connectivity index (χ0) is 16.7. The van der Waals surface area contributed by atoms with Crippen molar-refractivity contribution < 1.29 is 14.7 Å². The molecule has 4 rings (SSSR count). The van der Waals surface area contributed by atoms with Crippen molar-refractivity contribution >= 4 is 28.6 Å². The van der Waals surface area contributed by atoms with Crippen LogP contribution in [0.2, 0.25) is 0 Å². The van der Waals surface area contributed by atoms with Crippen molar-refractivity contribution in [3.8, 4) is 0 Å². The lowest BCUT2D eigenvalue weighted by Crippen LogP contribution is -2.45. The van der Waals surface area contributed by atoms with E-state index in [0.717, 1.165) is 23.9 Å². The number of amides is 1. The Hall–Kier alpha value is -2.83. The van der Waals surface area contributed by atoms with E-state index in [0.29, 0.717) is 24.2 Å². The number of para-hydroxylation sites is 2. The van der Waals surface area contributed by atoms with Gasteiger partial charge in [0.2, 0.25) is 0 Å². The van der Waals surface area contributed by atoms with Crippen LogP contribution in [0.25, 0.3) is 16.7 Å². The summed E-state index contributed by atoms with van der Waals surface area (Å²) in [5.41, 5.74) is 2.80. The molecule has 2 atom stereocenters. The van der Waals surface area contributed by atoms with Crippen LogP contribution in [0, 0.1) is 5.92 Å². The maximum atomic E-state index is 12.5. The summed E-state index contributed by atoms with van der Waals surface area (Å²) in [6.45, 7) is 0. The summed E-state index contributed by atoms with van der Waals surface area (Å²) in [7, 11) is 0. The van der Waals surface area contributed by atoms with Crippen LogP contribution >= 0.6 is 0 Å². The van der Waals surface area contributed by atoms with E-state index in [1.807, 2.05) is 24.3 Å². The minimum absolute atomic E-state index is 0.289. The molecule has 0 spiro atoms. The van der Waals surface area contributed by atoms with E-state index in [1.54, 1.807) is 10.6 Å². The Labute approximate surface area is 137 Å². The van der Waals surface area contributed by atoms with E-state index in [-0.39, 0.29) is 11.9 Å². The van der Waals surface area contributed by atoms with Crippen LogP contribution in [0.1, 0.15) is 36.2 Å². The smallest absolute Gasteiger partial charge is 0.308 e. The fraction of sp³-hybridized carbons (Fsp3) is 0.353. The maximum absolute atomic E-state index is 12.5. The van der Waals surface area contributed by atoms with Crippen LogP contribution in [0.4, 0.5) is 0 Å². The van der Waals surface area contributed by atoms with Crippen molar-refractivity contribution in [2.24, 2.45) is 5.92 Å². The number of carboxylic acids is 1. The van der Waals surface area contributed by atoms with Crippen LogP contribution < -0.4 is 5.32 Å². The predicted molar refractivity (Wildman–Crippen MR) is 87.9 cm³/mol. The van der Waals surface area contributed by atoms with Gasteiger partial charge in [0.25, 0.3) is 5.91 Å². The molecule has 0 saturated heterocycles. The third-order valence-corrected chi connectivity index (χ3v) is 4.74. The standard InChI is InChI=1S/C17H18N4O3/c22-16(19-11-6-2-1-5-10(11)17(23)24)13-9-15-18-12-7-3-4-8-14(12)21(15)20-13/h3-4,7-11,20H,1-2,5-6H2,(H,19,22)(H,23,24)/t10-,11-/m1/s1. The fourth-order valence-corrected chi connectivity index (χ4v) is 3.50. The third kappa shape index (κ3) is 2.42. The van der Waals surface area contributed by atoms with Crippen molar-refractivity contribution in [3.63, 3.8) is 0 Å². The number of carbonyl (C=O) groups is 2. The van der Waals surface area contributed by atoms with Crippen molar-refractivity contribution in [3.05, 3.63) is 36.0 Å². The van der Waals surface area contributed by atoms with Crippen molar-refractivity contribution in [2.75, 3.05) is 0 Å². The van der Waals surface area contributed by atoms with Gasteiger partial charge in [0, 0.05) is 12.1 Å². The van der Waals surface area contributed by atoms with Crippen LogP contribution in [0.5, 0.6) is 0 Å². The van der Waals surface area contributed by atoms with E-state index >= 15 is 0 Å². The molecule has 1 aliphatic rings. The highest BCUT2D eigenvalue weighted by Crippen LogP contribution is 2.25. The zero-order valence-corrected chi connectivity index (χ0v) is 13.0. The maximum Gasteiger partial charge on any atom is 0.308 e. The van der Waals surface area contributed by atoms with Crippen LogP contribution in [0.3, 0.4) is 0 Å². The molecule has 2 heterocycles. The quantitative estimate of drug-likeness (QED) is 0.687. The summed E-state index contributed by atoms with van der Waals surface area (Å²) in [5, 5.41) is 15.2. The van der Waals surface area contributed by atoms with E-state index in [4.69, 9.17) is 0 Å². The summed E-state index contributed by atoms with van der Waals surface area (Å²) in [4.78, 5) is 28.3. The second-order valence-electron chi connectivity index (χ2n) is 6.27. The monoisotopic (exact) mass is 326 g/mol. The summed E-state index contributed by atoms with van der Waals surface area (Å²) >= 11 is 0. The van der Waals surface area contributed by atoms with Gasteiger partial charge in [0.05, 0.1) is 17.0 Å². The number of carboxylic acid groups (broad SMARTS) is 1. The van der Waals surface area contributed by atoms with E-state index in [1.165, 1.54) is 0 Å². The number of nitrogens with one attached hydrogen (secondary N) is 2. The summed E-state index contributed by atoms with van der Waals surface area (Å²) in [6.07, 6.45) is 3.14. The first-order chi connectivity index (χ1) is 11.6. The SMILES string of the molecule is O=C(N[C@@H]1CCCC[C@H]1C(=O)O)c1cc2nc3ccccc3n2[nH]1. The topological polar surface area (TPSA) is 99.5 Å². The molecule has 1 fully saturated rings. The fourth-order valence-electron chi connectivity index (χ4n) is 3.50. The molecule has 24 heavy (non-hydrogen) atoms. The molecule has 3 aromatic rings. The van der Waals surface area contributed by atoms with Gasteiger partial charge < -0.3 is 10.4 Å². The molecule has 0 bridgehead atoms. The van der Waals surface area contributed by atoms with Gasteiger partial charge in [-0.15, -0.1) is 0 Å². The number of rotatable bonds is 3. The minimum atomic E-state index is -0.840. The molecule has 1 amide bonds. The summed E-state index contributed by atoms with van der Waals surface area (Å²) in [6, 6.07) is 9.03. The number of imidazole rings is 1. The largest absolute Gasteiger partial charge is 0.481 e. The Bertz CT molecular complexity index is 926. The molecule has 0 aliphatic heterocycles. The Morgan fingerprint density at radius 1 is 1.25 bits per heavy atom. The highest BCUT2D eigenvalue weighted by atomic mass is 16.4. The minimum Gasteiger partial charge on any atom is -0.481 e. The van der Waals surface area contributed by atoms with Gasteiger partial charge in [-0.3, -0.25) is 14.7 Å². The molecule has 7 heteroatoms. The van der Waals surface area contributed by atoms with E-state index in [9.17, 15) is 14.7 Å². The van der Waals surface area contributed by atoms with Crippen LogP contribution in [-0.2, 0) is 4.79 Å². The van der Waals surface area contributed by atoms with E-state index < -0.39 is 11.9 Å². The predicted octanol–water partition coefficient (Wildman–Crippen LogP) is 2.19. The molecule has 2 aromatic heterocycles. The Morgan fingerprint density at radius 2 is 2.04 bits per heavy atom. The lowest BCUT2D eigenvalue weighted by molar-refractivity contribution is -0.143. The van der Waals surface area contributed by atoms with Gasteiger partial charge in [0.1, 0.15) is 5.69 Å². The zero-order valence-electron chi connectivity index (χ0n) is 13.0. The Kier molecular flexibility index (Phi) is 3.48. The van der Waals surface area contributed by atoms with Crippen molar-refractivity contribution in [1.82, 2.24) is 19.9 Å². The number of carbonyl (C=O) groups excluding carboxylic acids is 1. The second-order valence-corrected chi connectivity index (χ2v) is 6.27. The Morgan fingerprint density at radius 3 is 2.88 bits per heavy atom. The molecule has 1 aliphatic carbocycles. The average Bonchev–Trinajstić information content (AvgIpc) is 3.13. The van der Waals surface area contributed by atoms with Crippen LogP contribution in [0.15, 0.2) is 30.3 Å². The van der Waals surface area contributed by atoms with Gasteiger partial charge in [-0.2, -0.15) is 0 Å². The Balaban J connectivity index is 1.60. The number of hydrogen-bond donors (Lipinski definition) is 3. The van der Waals surface area contributed by atoms with Crippen molar-refractivity contribution in [1.29, 1.82) is 0 Å². The first-order valence-corrected chi connectivity index (χ1v) is 8.13. The molecule has 1 saturated carbocycles. The molecule has 0 unspecified atom stereocenters. The van der Waals surface area contributed by atoms with Gasteiger partial charge in [0.15, 0.2) is 5.65 Å². The lowest BCUT2D eigenvalue weighted by atomic mass is 9.84. The highest BCUT2D eigenvalue weighted by Gasteiger charge is 2.32. The number of H-pyrrole nitrogens is 1. The first kappa shape index (κ1) is 14.7. The highest BCUT2D eigenvalue weighted by molar-refractivity contribution is 5.95. The summed E-state index contributed by atoms with van der Waals surface area (Å²) < 4.78 is 1.76. The second kappa shape index (κ2) is 5.67. The number of benzene rings is 1. The molecule has 3 N–H and O–H groups in total. The first-order valence-electron chi connectivity index (χ1n) is 8.13. The molecule has 0 radical (unpaired) electrons. The number of aromatic amines is 1. The average molecular weight is 326 g/mol. The number of hydrogen-bond acceptors (Lipinski definition) is 3. The van der Waals surface area contributed by atoms with Gasteiger partial charge >= 0.3 is 5.97 Å². The van der Waals surface area contributed by atoms with Crippen LogP contribution in [-0.4, -0.2) is 37.6 Å². The number of aliphatic carboxylic acids is 1. The van der Waals surface area contributed by atoms with Gasteiger partial charge in [-0.25, -0.2) is 9.50 Å². The molecular weight excluding hydrogens is 308 g/mol. The van der Waals surface area contributed by atoms with E-state index in [2.05, 4.69) is 15.4 Å².